The van der Waals surface area contributed by atoms with Gasteiger partial charge in [-0.2, -0.15) is 4.31 Å². The van der Waals surface area contributed by atoms with Crippen LogP contribution < -0.4 is 0 Å². The van der Waals surface area contributed by atoms with Crippen LogP contribution in [0.1, 0.15) is 11.1 Å². The summed E-state index contributed by atoms with van der Waals surface area (Å²) in [5, 5.41) is 0.717. The van der Waals surface area contributed by atoms with Crippen LogP contribution in [0.5, 0.6) is 0 Å². The van der Waals surface area contributed by atoms with Crippen LogP contribution in [0.15, 0.2) is 53.4 Å². The molecular weight excluding hydrogens is 372 g/mol. The third-order valence-corrected chi connectivity index (χ3v) is 6.43. The maximum absolute atomic E-state index is 12.8. The lowest BCUT2D eigenvalue weighted by Gasteiger charge is -2.26. The second-order valence-corrected chi connectivity index (χ2v) is 8.84. The van der Waals surface area contributed by atoms with Gasteiger partial charge in [-0.3, -0.25) is 4.90 Å². The summed E-state index contributed by atoms with van der Waals surface area (Å²) in [5.74, 6) is 0. The van der Waals surface area contributed by atoms with Crippen molar-refractivity contribution in [2.75, 3.05) is 33.4 Å². The van der Waals surface area contributed by atoms with Crippen molar-refractivity contribution in [2.24, 2.45) is 0 Å². The Morgan fingerprint density at radius 2 is 1.65 bits per heavy atom. The average molecular weight is 395 g/mol. The van der Waals surface area contributed by atoms with E-state index in [9.17, 15) is 8.42 Å². The molecule has 2 aromatic carbocycles. The molecule has 1 fully saturated rings. The third kappa shape index (κ3) is 4.84. The van der Waals surface area contributed by atoms with E-state index in [2.05, 4.69) is 4.90 Å². The van der Waals surface area contributed by atoms with Crippen LogP contribution in [-0.2, 0) is 27.8 Å². The van der Waals surface area contributed by atoms with Crippen molar-refractivity contribution in [1.82, 2.24) is 9.21 Å². The van der Waals surface area contributed by atoms with Crippen LogP contribution in [0.2, 0.25) is 5.02 Å². The quantitative estimate of drug-likeness (QED) is 0.755. The molecule has 5 nitrogen and oxygen atoms in total. The van der Waals surface area contributed by atoms with Gasteiger partial charge < -0.3 is 4.74 Å². The first-order valence-corrected chi connectivity index (χ1v) is 10.4. The molecule has 1 saturated heterocycles. The van der Waals surface area contributed by atoms with Gasteiger partial charge in [-0.05, 0) is 42.4 Å². The predicted octanol–water partition coefficient (Wildman–Crippen LogP) is 2.99. The lowest BCUT2D eigenvalue weighted by atomic mass is 10.2. The van der Waals surface area contributed by atoms with E-state index in [4.69, 9.17) is 16.3 Å². The van der Waals surface area contributed by atoms with Crippen molar-refractivity contribution in [1.29, 1.82) is 0 Å². The van der Waals surface area contributed by atoms with E-state index in [1.165, 1.54) is 4.31 Å². The first-order chi connectivity index (χ1) is 12.4. The number of halogens is 1. The van der Waals surface area contributed by atoms with E-state index in [0.29, 0.717) is 37.7 Å². The minimum absolute atomic E-state index is 0.341. The van der Waals surface area contributed by atoms with Crippen molar-refractivity contribution in [3.8, 4) is 0 Å². The van der Waals surface area contributed by atoms with E-state index in [0.717, 1.165) is 22.7 Å². The number of benzene rings is 2. The van der Waals surface area contributed by atoms with Crippen molar-refractivity contribution in [3.63, 3.8) is 0 Å². The van der Waals surface area contributed by atoms with Crippen LogP contribution in [-0.4, -0.2) is 51.0 Å². The summed E-state index contributed by atoms with van der Waals surface area (Å²) >= 11 is 6.03. The predicted molar refractivity (Wildman–Crippen MR) is 103 cm³/mol. The summed E-state index contributed by atoms with van der Waals surface area (Å²) in [6.07, 6.45) is 0. The molecule has 3 rings (SSSR count). The zero-order valence-corrected chi connectivity index (χ0v) is 16.3. The van der Waals surface area contributed by atoms with Gasteiger partial charge in [0.1, 0.15) is 0 Å². The maximum atomic E-state index is 12.8. The molecule has 0 N–H and O–H groups in total. The summed E-state index contributed by atoms with van der Waals surface area (Å²) in [5.41, 5.74) is 2.08. The minimum atomic E-state index is -3.47. The lowest BCUT2D eigenvalue weighted by molar-refractivity contribution is 0.0730. The van der Waals surface area contributed by atoms with Gasteiger partial charge in [0, 0.05) is 31.2 Å². The third-order valence-electron chi connectivity index (χ3n) is 4.30. The maximum Gasteiger partial charge on any atom is 0.243 e. The highest BCUT2D eigenvalue weighted by atomic mass is 35.5. The SMILES string of the molecule is CN(Cc1cccc(Cl)c1)Cc1cccc(S(=O)(=O)N2CCOCC2)c1. The monoisotopic (exact) mass is 394 g/mol. The normalized spacial score (nSPS) is 16.1. The second-order valence-electron chi connectivity index (χ2n) is 6.47. The summed E-state index contributed by atoms with van der Waals surface area (Å²) in [6, 6.07) is 14.9. The Morgan fingerprint density at radius 3 is 2.31 bits per heavy atom. The zero-order valence-electron chi connectivity index (χ0n) is 14.8. The Kier molecular flexibility index (Phi) is 6.32. The molecule has 26 heavy (non-hydrogen) atoms. The molecule has 0 radical (unpaired) electrons. The minimum Gasteiger partial charge on any atom is -0.379 e. The molecule has 0 aliphatic carbocycles. The Balaban J connectivity index is 1.70. The van der Waals surface area contributed by atoms with E-state index < -0.39 is 10.0 Å². The number of sulfonamides is 1. The lowest BCUT2D eigenvalue weighted by Crippen LogP contribution is -2.40. The molecule has 1 aliphatic rings. The summed E-state index contributed by atoms with van der Waals surface area (Å²) in [7, 11) is -1.46. The first-order valence-electron chi connectivity index (χ1n) is 8.55. The highest BCUT2D eigenvalue weighted by molar-refractivity contribution is 7.89. The molecule has 0 atom stereocenters. The van der Waals surface area contributed by atoms with Gasteiger partial charge in [0.25, 0.3) is 0 Å². The van der Waals surface area contributed by atoms with Gasteiger partial charge in [0.05, 0.1) is 18.1 Å². The number of ether oxygens (including phenoxy) is 1. The Labute approximate surface area is 160 Å². The summed E-state index contributed by atoms with van der Waals surface area (Å²) in [6.45, 7) is 3.09. The fourth-order valence-corrected chi connectivity index (χ4v) is 4.75. The number of rotatable bonds is 6. The number of nitrogens with zero attached hydrogens (tertiary/aromatic N) is 2. The largest absolute Gasteiger partial charge is 0.379 e. The van der Waals surface area contributed by atoms with Gasteiger partial charge >= 0.3 is 0 Å². The topological polar surface area (TPSA) is 49.9 Å². The molecule has 0 amide bonds. The molecule has 0 saturated carbocycles. The average Bonchev–Trinajstić information content (AvgIpc) is 2.62. The van der Waals surface area contributed by atoms with Crippen LogP contribution in [0, 0.1) is 0 Å². The number of morpholine rings is 1. The van der Waals surface area contributed by atoms with Gasteiger partial charge in [-0.1, -0.05) is 35.9 Å². The summed E-state index contributed by atoms with van der Waals surface area (Å²) in [4.78, 5) is 2.47. The van der Waals surface area contributed by atoms with Crippen molar-refractivity contribution in [2.45, 2.75) is 18.0 Å². The first kappa shape index (κ1) is 19.3. The zero-order chi connectivity index (χ0) is 18.6. The van der Waals surface area contributed by atoms with Gasteiger partial charge in [0.2, 0.25) is 10.0 Å². The molecule has 1 heterocycles. The van der Waals surface area contributed by atoms with E-state index in [1.807, 2.05) is 37.4 Å². The molecule has 1 aliphatic heterocycles. The second kappa shape index (κ2) is 8.50. The smallest absolute Gasteiger partial charge is 0.243 e. The van der Waals surface area contributed by atoms with Crippen LogP contribution in [0.3, 0.4) is 0 Å². The van der Waals surface area contributed by atoms with Gasteiger partial charge in [0.15, 0.2) is 0 Å². The molecule has 140 valence electrons. The Hall–Kier alpha value is -1.44. The molecule has 0 spiro atoms. The van der Waals surface area contributed by atoms with Crippen LogP contribution in [0.4, 0.5) is 0 Å². The molecule has 0 bridgehead atoms. The highest BCUT2D eigenvalue weighted by Crippen LogP contribution is 2.20. The molecule has 2 aromatic rings. The van der Waals surface area contributed by atoms with E-state index in [1.54, 1.807) is 18.2 Å². The Morgan fingerprint density at radius 1 is 1.04 bits per heavy atom. The van der Waals surface area contributed by atoms with Gasteiger partial charge in [-0.15, -0.1) is 0 Å². The Bertz CT molecular complexity index is 851. The standard InChI is InChI=1S/C19H23ClN2O3S/c1-21(14-16-4-2-6-18(20)12-16)15-17-5-3-7-19(13-17)26(23,24)22-8-10-25-11-9-22/h2-7,12-13H,8-11,14-15H2,1H3. The fraction of sp³-hybridized carbons (Fsp3) is 0.368. The number of hydrogen-bond acceptors (Lipinski definition) is 4. The highest BCUT2D eigenvalue weighted by Gasteiger charge is 2.26. The van der Waals surface area contributed by atoms with E-state index in [-0.39, 0.29) is 0 Å². The molecular formula is C19H23ClN2O3S. The van der Waals surface area contributed by atoms with E-state index >= 15 is 0 Å². The molecule has 7 heteroatoms. The van der Waals surface area contributed by atoms with Crippen LogP contribution >= 0.6 is 11.6 Å². The van der Waals surface area contributed by atoms with Crippen molar-refractivity contribution < 1.29 is 13.2 Å². The van der Waals surface area contributed by atoms with Crippen molar-refractivity contribution >= 4 is 21.6 Å². The van der Waals surface area contributed by atoms with Crippen LogP contribution in [0.25, 0.3) is 0 Å². The van der Waals surface area contributed by atoms with Gasteiger partial charge in [-0.25, -0.2) is 8.42 Å². The number of hydrogen-bond donors (Lipinski definition) is 0. The molecule has 0 aromatic heterocycles. The fourth-order valence-electron chi connectivity index (χ4n) is 3.05. The molecule has 0 unspecified atom stereocenters. The van der Waals surface area contributed by atoms with Crippen molar-refractivity contribution in [3.05, 3.63) is 64.7 Å². The summed E-state index contributed by atoms with van der Waals surface area (Å²) < 4.78 is 32.3.